The number of nitrogens with two attached hydrogens (primary N) is 1. The van der Waals surface area contributed by atoms with Crippen LogP contribution in [0.25, 0.3) is 0 Å². The Hall–Kier alpha value is -1.55. The lowest BCUT2D eigenvalue weighted by molar-refractivity contribution is -0.117. The number of anilines is 1. The Labute approximate surface area is 120 Å². The fraction of sp³-hybridized carbons (Fsp3) is 0.562. The van der Waals surface area contributed by atoms with Crippen LogP contribution >= 0.6 is 0 Å². The molecule has 0 unspecified atom stereocenters. The first-order chi connectivity index (χ1) is 9.72. The summed E-state index contributed by atoms with van der Waals surface area (Å²) in [5.41, 5.74) is 7.44. The van der Waals surface area contributed by atoms with E-state index in [1.807, 2.05) is 25.1 Å². The van der Waals surface area contributed by atoms with Crippen molar-refractivity contribution in [3.63, 3.8) is 0 Å². The predicted octanol–water partition coefficient (Wildman–Crippen LogP) is 3.06. The van der Waals surface area contributed by atoms with Crippen LogP contribution in [0, 0.1) is 5.92 Å². The average Bonchev–Trinajstić information content (AvgIpc) is 2.93. The smallest absolute Gasteiger partial charge is 0.224 e. The zero-order chi connectivity index (χ0) is 14.4. The van der Waals surface area contributed by atoms with Gasteiger partial charge in [0.15, 0.2) is 0 Å². The van der Waals surface area contributed by atoms with Crippen molar-refractivity contribution in [1.29, 1.82) is 0 Å². The maximum atomic E-state index is 12.0. The summed E-state index contributed by atoms with van der Waals surface area (Å²) >= 11 is 0. The Bertz CT molecular complexity index is 454. The molecule has 1 aromatic rings. The minimum Gasteiger partial charge on any atom is -0.494 e. The Kier molecular flexibility index (Phi) is 5.41. The van der Waals surface area contributed by atoms with Gasteiger partial charge in [0.1, 0.15) is 5.75 Å². The van der Waals surface area contributed by atoms with E-state index in [4.69, 9.17) is 10.5 Å². The molecule has 1 aliphatic rings. The number of rotatable bonds is 6. The van der Waals surface area contributed by atoms with Gasteiger partial charge in [0.05, 0.1) is 6.61 Å². The highest BCUT2D eigenvalue weighted by atomic mass is 16.5. The summed E-state index contributed by atoms with van der Waals surface area (Å²) in [5, 5.41) is 2.96. The van der Waals surface area contributed by atoms with Gasteiger partial charge in [-0.3, -0.25) is 4.79 Å². The largest absolute Gasteiger partial charge is 0.494 e. The van der Waals surface area contributed by atoms with Crippen LogP contribution in [0.4, 0.5) is 5.69 Å². The van der Waals surface area contributed by atoms with Gasteiger partial charge in [0.2, 0.25) is 5.91 Å². The number of hydrogen-bond donors (Lipinski definition) is 2. The zero-order valence-corrected chi connectivity index (χ0v) is 12.2. The lowest BCUT2D eigenvalue weighted by atomic mass is 10.0. The van der Waals surface area contributed by atoms with Crippen LogP contribution in [0.2, 0.25) is 0 Å². The quantitative estimate of drug-likeness (QED) is 0.839. The molecule has 1 aliphatic carbocycles. The molecule has 0 radical (unpaired) electrons. The normalized spacial score (nSPS) is 15.3. The molecule has 0 bridgehead atoms. The van der Waals surface area contributed by atoms with E-state index in [1.54, 1.807) is 0 Å². The Morgan fingerprint density at radius 2 is 2.15 bits per heavy atom. The van der Waals surface area contributed by atoms with Gasteiger partial charge in [0.25, 0.3) is 0 Å². The van der Waals surface area contributed by atoms with Gasteiger partial charge in [-0.25, -0.2) is 0 Å². The summed E-state index contributed by atoms with van der Waals surface area (Å²) in [6, 6.07) is 5.64. The molecule has 0 atom stereocenters. The third-order valence-electron chi connectivity index (χ3n) is 3.81. The molecule has 4 nitrogen and oxygen atoms in total. The van der Waals surface area contributed by atoms with Gasteiger partial charge in [-0.15, -0.1) is 0 Å². The molecule has 4 heteroatoms. The van der Waals surface area contributed by atoms with Crippen molar-refractivity contribution in [2.24, 2.45) is 11.7 Å². The molecular weight excluding hydrogens is 252 g/mol. The van der Waals surface area contributed by atoms with Crippen LogP contribution < -0.4 is 15.8 Å². The third-order valence-corrected chi connectivity index (χ3v) is 3.81. The highest BCUT2D eigenvalue weighted by Gasteiger charge is 2.18. The fourth-order valence-corrected chi connectivity index (χ4v) is 2.80. The van der Waals surface area contributed by atoms with Crippen molar-refractivity contribution in [2.45, 2.75) is 45.6 Å². The summed E-state index contributed by atoms with van der Waals surface area (Å²) in [7, 11) is 0. The van der Waals surface area contributed by atoms with Crippen molar-refractivity contribution >= 4 is 11.6 Å². The average molecular weight is 276 g/mol. The number of hydrogen-bond acceptors (Lipinski definition) is 3. The maximum absolute atomic E-state index is 12.0. The first kappa shape index (κ1) is 14.9. The van der Waals surface area contributed by atoms with E-state index >= 15 is 0 Å². The second-order valence-electron chi connectivity index (χ2n) is 5.36. The van der Waals surface area contributed by atoms with E-state index in [2.05, 4.69) is 5.32 Å². The second-order valence-corrected chi connectivity index (χ2v) is 5.36. The van der Waals surface area contributed by atoms with E-state index in [1.165, 1.54) is 25.7 Å². The lowest BCUT2D eigenvalue weighted by Crippen LogP contribution is -2.15. The summed E-state index contributed by atoms with van der Waals surface area (Å²) < 4.78 is 5.50. The number of ether oxygens (including phenoxy) is 1. The molecule has 0 saturated heterocycles. The number of carbonyl (C=O) groups excluding carboxylic acids is 1. The molecule has 2 rings (SSSR count). The minimum absolute atomic E-state index is 0.101. The number of benzene rings is 1. The first-order valence-electron chi connectivity index (χ1n) is 7.48. The standard InChI is InChI=1S/C16H24N2O2/c1-2-20-15-8-7-14(10-13(15)11-17)18-16(19)9-12-5-3-4-6-12/h7-8,10,12H,2-6,9,11,17H2,1H3,(H,18,19). The lowest BCUT2D eigenvalue weighted by Gasteiger charge is -2.13. The molecular formula is C16H24N2O2. The van der Waals surface area contributed by atoms with Crippen LogP contribution in [0.1, 0.15) is 44.6 Å². The number of amides is 1. The first-order valence-corrected chi connectivity index (χ1v) is 7.48. The molecule has 20 heavy (non-hydrogen) atoms. The minimum atomic E-state index is 0.101. The number of carbonyl (C=O) groups is 1. The molecule has 0 aliphatic heterocycles. The van der Waals surface area contributed by atoms with Gasteiger partial charge in [-0.2, -0.15) is 0 Å². The van der Waals surface area contributed by atoms with Crippen molar-refractivity contribution in [1.82, 2.24) is 0 Å². The molecule has 0 aromatic heterocycles. The monoisotopic (exact) mass is 276 g/mol. The van der Waals surface area contributed by atoms with E-state index in [0.717, 1.165) is 17.0 Å². The molecule has 3 N–H and O–H groups in total. The van der Waals surface area contributed by atoms with Crippen LogP contribution in [-0.2, 0) is 11.3 Å². The summed E-state index contributed by atoms with van der Waals surface area (Å²) in [6.45, 7) is 2.96. The molecule has 110 valence electrons. The van der Waals surface area contributed by atoms with Gasteiger partial charge in [-0.1, -0.05) is 12.8 Å². The Morgan fingerprint density at radius 1 is 1.40 bits per heavy atom. The van der Waals surface area contributed by atoms with Gasteiger partial charge >= 0.3 is 0 Å². The Morgan fingerprint density at radius 3 is 2.80 bits per heavy atom. The van der Waals surface area contributed by atoms with E-state index in [9.17, 15) is 4.79 Å². The van der Waals surface area contributed by atoms with Crippen molar-refractivity contribution < 1.29 is 9.53 Å². The molecule has 1 saturated carbocycles. The molecule has 1 aromatic carbocycles. The van der Waals surface area contributed by atoms with Crippen LogP contribution in [0.5, 0.6) is 5.75 Å². The van der Waals surface area contributed by atoms with Gasteiger partial charge in [-0.05, 0) is 43.9 Å². The van der Waals surface area contributed by atoms with Crippen LogP contribution in [0.15, 0.2) is 18.2 Å². The topological polar surface area (TPSA) is 64.3 Å². The van der Waals surface area contributed by atoms with Gasteiger partial charge < -0.3 is 15.8 Å². The van der Waals surface area contributed by atoms with Gasteiger partial charge in [0, 0.05) is 24.2 Å². The van der Waals surface area contributed by atoms with E-state index < -0.39 is 0 Å². The Balaban J connectivity index is 1.96. The second kappa shape index (κ2) is 7.29. The predicted molar refractivity (Wildman–Crippen MR) is 80.7 cm³/mol. The molecule has 1 amide bonds. The van der Waals surface area contributed by atoms with E-state index in [0.29, 0.717) is 25.5 Å². The summed E-state index contributed by atoms with van der Waals surface area (Å²) in [6.07, 6.45) is 5.53. The SMILES string of the molecule is CCOc1ccc(NC(=O)CC2CCCC2)cc1CN. The van der Waals surface area contributed by atoms with Crippen LogP contribution in [-0.4, -0.2) is 12.5 Å². The highest BCUT2D eigenvalue weighted by molar-refractivity contribution is 5.91. The van der Waals surface area contributed by atoms with Crippen molar-refractivity contribution in [3.05, 3.63) is 23.8 Å². The number of nitrogens with one attached hydrogen (secondary N) is 1. The van der Waals surface area contributed by atoms with Crippen LogP contribution in [0.3, 0.4) is 0 Å². The van der Waals surface area contributed by atoms with Crippen molar-refractivity contribution in [3.8, 4) is 5.75 Å². The zero-order valence-electron chi connectivity index (χ0n) is 12.2. The summed E-state index contributed by atoms with van der Waals surface area (Å²) in [5.74, 6) is 1.46. The summed E-state index contributed by atoms with van der Waals surface area (Å²) in [4.78, 5) is 12.0. The fourth-order valence-electron chi connectivity index (χ4n) is 2.80. The molecule has 0 spiro atoms. The third kappa shape index (κ3) is 3.97. The molecule has 1 fully saturated rings. The van der Waals surface area contributed by atoms with Crippen molar-refractivity contribution in [2.75, 3.05) is 11.9 Å². The van der Waals surface area contributed by atoms with E-state index in [-0.39, 0.29) is 5.91 Å². The maximum Gasteiger partial charge on any atom is 0.224 e. The molecule has 0 heterocycles. The highest BCUT2D eigenvalue weighted by Crippen LogP contribution is 2.28.